The third-order valence-corrected chi connectivity index (χ3v) is 3.36. The molecule has 1 atom stereocenters. The molecule has 0 spiro atoms. The zero-order valence-electron chi connectivity index (χ0n) is 13.1. The van der Waals surface area contributed by atoms with E-state index in [9.17, 15) is 9.59 Å². The van der Waals surface area contributed by atoms with Gasteiger partial charge in [-0.1, -0.05) is 31.9 Å². The van der Waals surface area contributed by atoms with Crippen LogP contribution in [-0.2, 0) is 16.1 Å². The number of rotatable bonds is 7. The van der Waals surface area contributed by atoms with Gasteiger partial charge < -0.3 is 16.0 Å². The van der Waals surface area contributed by atoms with E-state index < -0.39 is 6.04 Å². The molecule has 0 aromatic heterocycles. The Hall–Kier alpha value is -1.88. The lowest BCUT2D eigenvalue weighted by Crippen LogP contribution is -2.35. The molecule has 1 rings (SSSR count). The van der Waals surface area contributed by atoms with E-state index in [0.29, 0.717) is 18.7 Å². The molecule has 5 heteroatoms. The molecule has 0 radical (unpaired) electrons. The Labute approximate surface area is 126 Å². The normalized spacial score (nSPS) is 11.8. The van der Waals surface area contributed by atoms with E-state index in [1.807, 2.05) is 24.3 Å². The average Bonchev–Trinajstić information content (AvgIpc) is 2.44. The minimum Gasteiger partial charge on any atom is -0.342 e. The van der Waals surface area contributed by atoms with Gasteiger partial charge in [0.2, 0.25) is 11.8 Å². The van der Waals surface area contributed by atoms with Crippen molar-refractivity contribution in [2.75, 3.05) is 12.4 Å². The summed E-state index contributed by atoms with van der Waals surface area (Å²) in [4.78, 5) is 24.8. The second-order valence-electron chi connectivity index (χ2n) is 5.31. The van der Waals surface area contributed by atoms with Gasteiger partial charge in [-0.25, -0.2) is 0 Å². The lowest BCUT2D eigenvalue weighted by atomic mass is 10.1. The monoisotopic (exact) mass is 291 g/mol. The summed E-state index contributed by atoms with van der Waals surface area (Å²) >= 11 is 0. The van der Waals surface area contributed by atoms with Gasteiger partial charge in [0.25, 0.3) is 0 Å². The molecule has 0 unspecified atom stereocenters. The Kier molecular flexibility index (Phi) is 6.88. The minimum absolute atomic E-state index is 0.00558. The van der Waals surface area contributed by atoms with E-state index in [-0.39, 0.29) is 11.8 Å². The molecule has 0 heterocycles. The number of hydrogen-bond donors (Lipinski definition) is 2. The highest BCUT2D eigenvalue weighted by Gasteiger charge is 2.13. The van der Waals surface area contributed by atoms with Crippen molar-refractivity contribution in [2.24, 2.45) is 5.73 Å². The van der Waals surface area contributed by atoms with Crippen molar-refractivity contribution in [1.29, 1.82) is 0 Å². The molecule has 0 aliphatic heterocycles. The first-order valence-electron chi connectivity index (χ1n) is 7.31. The number of anilines is 1. The van der Waals surface area contributed by atoms with Crippen molar-refractivity contribution in [3.8, 4) is 0 Å². The lowest BCUT2D eigenvalue weighted by molar-refractivity contribution is -0.128. The van der Waals surface area contributed by atoms with Crippen LogP contribution in [0, 0.1) is 0 Å². The number of unbranched alkanes of at least 4 members (excludes halogenated alkanes) is 1. The maximum atomic E-state index is 12.0. The fourth-order valence-corrected chi connectivity index (χ4v) is 1.92. The van der Waals surface area contributed by atoms with Crippen LogP contribution in [-0.4, -0.2) is 29.8 Å². The summed E-state index contributed by atoms with van der Waals surface area (Å²) in [6, 6.07) is 6.99. The van der Waals surface area contributed by atoms with Gasteiger partial charge in [0, 0.05) is 26.2 Å². The Bertz CT molecular complexity index is 488. The average molecular weight is 291 g/mol. The fraction of sp³-hybridized carbons (Fsp3) is 0.500. The molecule has 5 nitrogen and oxygen atoms in total. The van der Waals surface area contributed by atoms with Crippen molar-refractivity contribution < 1.29 is 9.59 Å². The minimum atomic E-state index is -0.478. The molecule has 0 aliphatic rings. The van der Waals surface area contributed by atoms with Gasteiger partial charge in [-0.2, -0.15) is 0 Å². The van der Waals surface area contributed by atoms with Crippen LogP contribution in [0.1, 0.15) is 38.7 Å². The van der Waals surface area contributed by atoms with Crippen LogP contribution < -0.4 is 11.1 Å². The van der Waals surface area contributed by atoms with Gasteiger partial charge >= 0.3 is 0 Å². The number of benzene rings is 1. The van der Waals surface area contributed by atoms with Gasteiger partial charge in [-0.05, 0) is 24.1 Å². The topological polar surface area (TPSA) is 75.4 Å². The van der Waals surface area contributed by atoms with Gasteiger partial charge in [0.15, 0.2) is 0 Å². The summed E-state index contributed by atoms with van der Waals surface area (Å²) in [6.07, 6.45) is 2.65. The molecule has 3 N–H and O–H groups in total. The zero-order valence-corrected chi connectivity index (χ0v) is 13.1. The maximum absolute atomic E-state index is 12.0. The highest BCUT2D eigenvalue weighted by molar-refractivity contribution is 5.94. The van der Waals surface area contributed by atoms with Gasteiger partial charge in [-0.3, -0.25) is 9.59 Å². The SMILES string of the molecule is CCCC[C@H](N)C(=O)Nc1cccc(CN(C)C(C)=O)c1. The molecule has 0 bridgehead atoms. The van der Waals surface area contributed by atoms with Crippen LogP contribution in [0.2, 0.25) is 0 Å². The second-order valence-corrected chi connectivity index (χ2v) is 5.31. The number of nitrogens with one attached hydrogen (secondary N) is 1. The molecule has 116 valence electrons. The van der Waals surface area contributed by atoms with Crippen LogP contribution in [0.25, 0.3) is 0 Å². The number of carbonyl (C=O) groups excluding carboxylic acids is 2. The largest absolute Gasteiger partial charge is 0.342 e. The number of nitrogens with two attached hydrogens (primary N) is 1. The van der Waals surface area contributed by atoms with Crippen molar-refractivity contribution in [3.05, 3.63) is 29.8 Å². The highest BCUT2D eigenvalue weighted by atomic mass is 16.2. The van der Waals surface area contributed by atoms with E-state index in [1.54, 1.807) is 11.9 Å². The molecule has 1 aromatic carbocycles. The van der Waals surface area contributed by atoms with Crippen molar-refractivity contribution in [2.45, 2.75) is 45.7 Å². The molecule has 1 aromatic rings. The Morgan fingerprint density at radius 3 is 2.71 bits per heavy atom. The van der Waals surface area contributed by atoms with Crippen molar-refractivity contribution in [1.82, 2.24) is 4.90 Å². The maximum Gasteiger partial charge on any atom is 0.241 e. The van der Waals surface area contributed by atoms with E-state index in [4.69, 9.17) is 5.73 Å². The summed E-state index contributed by atoms with van der Waals surface area (Å²) in [5.41, 5.74) is 7.52. The van der Waals surface area contributed by atoms with E-state index in [1.165, 1.54) is 6.92 Å². The Morgan fingerprint density at radius 2 is 2.10 bits per heavy atom. The molecule has 21 heavy (non-hydrogen) atoms. The van der Waals surface area contributed by atoms with Crippen molar-refractivity contribution in [3.63, 3.8) is 0 Å². The smallest absolute Gasteiger partial charge is 0.241 e. The van der Waals surface area contributed by atoms with Crippen LogP contribution in [0.5, 0.6) is 0 Å². The quantitative estimate of drug-likeness (QED) is 0.808. The summed E-state index contributed by atoms with van der Waals surface area (Å²) in [5.74, 6) is -0.161. The van der Waals surface area contributed by atoms with Crippen LogP contribution in [0.4, 0.5) is 5.69 Å². The summed E-state index contributed by atoms with van der Waals surface area (Å²) in [7, 11) is 1.74. The number of nitrogens with zero attached hydrogens (tertiary/aromatic N) is 1. The number of amides is 2. The molecule has 0 saturated heterocycles. The van der Waals surface area contributed by atoms with E-state index in [2.05, 4.69) is 12.2 Å². The Balaban J connectivity index is 2.63. The number of hydrogen-bond acceptors (Lipinski definition) is 3. The third kappa shape index (κ3) is 5.95. The predicted octanol–water partition coefficient (Wildman–Crippen LogP) is 2.12. The van der Waals surface area contributed by atoms with Crippen LogP contribution in [0.3, 0.4) is 0 Å². The zero-order chi connectivity index (χ0) is 15.8. The molecule has 0 aliphatic carbocycles. The Morgan fingerprint density at radius 1 is 1.38 bits per heavy atom. The van der Waals surface area contributed by atoms with E-state index >= 15 is 0 Å². The van der Waals surface area contributed by atoms with E-state index in [0.717, 1.165) is 18.4 Å². The summed E-state index contributed by atoms with van der Waals surface area (Å²) in [5, 5.41) is 2.83. The van der Waals surface area contributed by atoms with Gasteiger partial charge in [0.1, 0.15) is 0 Å². The second kappa shape index (κ2) is 8.42. The van der Waals surface area contributed by atoms with Crippen LogP contribution >= 0.6 is 0 Å². The number of carbonyl (C=O) groups is 2. The summed E-state index contributed by atoms with van der Waals surface area (Å²) in [6.45, 7) is 4.11. The molecular weight excluding hydrogens is 266 g/mol. The highest BCUT2D eigenvalue weighted by Crippen LogP contribution is 2.13. The lowest BCUT2D eigenvalue weighted by Gasteiger charge is -2.16. The first-order chi connectivity index (χ1) is 9.93. The first-order valence-corrected chi connectivity index (χ1v) is 7.31. The molecule has 0 fully saturated rings. The predicted molar refractivity (Wildman–Crippen MR) is 84.7 cm³/mol. The van der Waals surface area contributed by atoms with Crippen molar-refractivity contribution >= 4 is 17.5 Å². The molecular formula is C16H25N3O2. The molecule has 2 amide bonds. The standard InChI is InChI=1S/C16H25N3O2/c1-4-5-9-15(17)16(21)18-14-8-6-7-13(10-14)11-19(3)12(2)20/h6-8,10,15H,4-5,9,11,17H2,1-3H3,(H,18,21)/t15-/m0/s1. The third-order valence-electron chi connectivity index (χ3n) is 3.36. The first kappa shape index (κ1) is 17.2. The molecule has 0 saturated carbocycles. The van der Waals surface area contributed by atoms with Gasteiger partial charge in [0.05, 0.1) is 6.04 Å². The van der Waals surface area contributed by atoms with Gasteiger partial charge in [-0.15, -0.1) is 0 Å². The fourth-order valence-electron chi connectivity index (χ4n) is 1.92. The van der Waals surface area contributed by atoms with Crippen LogP contribution in [0.15, 0.2) is 24.3 Å². The summed E-state index contributed by atoms with van der Waals surface area (Å²) < 4.78 is 0.